The first kappa shape index (κ1) is 17.0. The van der Waals surface area contributed by atoms with Crippen LogP contribution >= 0.6 is 0 Å². The van der Waals surface area contributed by atoms with E-state index in [1.54, 1.807) is 4.57 Å². The molecule has 0 bridgehead atoms. The van der Waals surface area contributed by atoms with E-state index in [4.69, 9.17) is 0 Å². The molecule has 1 aliphatic heterocycles. The number of amides is 2. The van der Waals surface area contributed by atoms with Crippen molar-refractivity contribution >= 4 is 11.8 Å². The van der Waals surface area contributed by atoms with E-state index in [0.717, 1.165) is 18.6 Å². The second-order valence-corrected chi connectivity index (χ2v) is 5.70. The van der Waals surface area contributed by atoms with Crippen molar-refractivity contribution in [3.8, 4) is 0 Å². The number of carbonyl (C=O) groups is 2. The molecule has 2 aromatic rings. The topological polar surface area (TPSA) is 80.1 Å². The predicted octanol–water partition coefficient (Wildman–Crippen LogP) is 1.35. The molecule has 0 spiro atoms. The molecule has 2 heterocycles. The molecule has 0 saturated carbocycles. The fourth-order valence-electron chi connectivity index (χ4n) is 2.63. The zero-order valence-corrected chi connectivity index (χ0v) is 13.6. The van der Waals surface area contributed by atoms with Crippen LogP contribution in [0.4, 0.5) is 8.78 Å². The van der Waals surface area contributed by atoms with E-state index in [2.05, 4.69) is 15.5 Å². The number of hydrogen-bond donors (Lipinski definition) is 1. The van der Waals surface area contributed by atoms with E-state index in [0.29, 0.717) is 25.5 Å². The maximum atomic E-state index is 13.3. The van der Waals surface area contributed by atoms with Crippen LogP contribution in [0.3, 0.4) is 0 Å². The van der Waals surface area contributed by atoms with E-state index in [-0.39, 0.29) is 23.8 Å². The van der Waals surface area contributed by atoms with Gasteiger partial charge >= 0.3 is 0 Å². The number of aromatic nitrogens is 3. The van der Waals surface area contributed by atoms with Crippen molar-refractivity contribution in [2.24, 2.45) is 0 Å². The summed E-state index contributed by atoms with van der Waals surface area (Å²) in [5.74, 6) is -2.11. The van der Waals surface area contributed by atoms with E-state index >= 15 is 0 Å². The van der Waals surface area contributed by atoms with E-state index in [1.807, 2.05) is 6.92 Å². The number of halogens is 2. The lowest BCUT2D eigenvalue weighted by atomic mass is 10.1. The third kappa shape index (κ3) is 3.35. The third-order valence-corrected chi connectivity index (χ3v) is 3.95. The molecule has 9 heteroatoms. The molecule has 0 radical (unpaired) electrons. The molecule has 1 aromatic heterocycles. The zero-order chi connectivity index (χ0) is 18.0. The molecular weight excluding hydrogens is 332 g/mol. The van der Waals surface area contributed by atoms with Gasteiger partial charge in [-0.3, -0.25) is 9.59 Å². The van der Waals surface area contributed by atoms with Crippen molar-refractivity contribution in [3.63, 3.8) is 0 Å². The van der Waals surface area contributed by atoms with Gasteiger partial charge in [0, 0.05) is 25.2 Å². The molecule has 3 rings (SSSR count). The first-order chi connectivity index (χ1) is 12.0. The number of fused-ring (bicyclic) bond motifs is 1. The average Bonchev–Trinajstić information content (AvgIpc) is 3.04. The van der Waals surface area contributed by atoms with Gasteiger partial charge in [0.05, 0.1) is 6.54 Å². The predicted molar refractivity (Wildman–Crippen MR) is 83.7 cm³/mol. The van der Waals surface area contributed by atoms with Crippen molar-refractivity contribution in [3.05, 3.63) is 47.0 Å². The Morgan fingerprint density at radius 2 is 2.00 bits per heavy atom. The van der Waals surface area contributed by atoms with Crippen LogP contribution in [-0.4, -0.2) is 44.6 Å². The number of hydrogen-bond acceptors (Lipinski definition) is 4. The van der Waals surface area contributed by atoms with Gasteiger partial charge in [-0.15, -0.1) is 10.2 Å². The van der Waals surface area contributed by atoms with Gasteiger partial charge in [0.25, 0.3) is 11.8 Å². The number of nitrogens with zero attached hydrogens (tertiary/aromatic N) is 4. The number of rotatable bonds is 4. The van der Waals surface area contributed by atoms with E-state index < -0.39 is 17.5 Å². The Kier molecular flexibility index (Phi) is 4.73. The lowest BCUT2D eigenvalue weighted by Gasteiger charge is -2.27. The largest absolute Gasteiger partial charge is 0.349 e. The Bertz CT molecular complexity index is 821. The normalized spacial score (nSPS) is 13.5. The summed E-state index contributed by atoms with van der Waals surface area (Å²) in [5, 5.41) is 10.6. The fraction of sp³-hybridized carbons (Fsp3) is 0.375. The van der Waals surface area contributed by atoms with E-state index in [1.165, 1.54) is 11.0 Å². The number of nitrogens with one attached hydrogen (secondary N) is 1. The van der Waals surface area contributed by atoms with Crippen molar-refractivity contribution < 1.29 is 18.4 Å². The molecular formula is C16H17F2N5O2. The summed E-state index contributed by atoms with van der Waals surface area (Å²) < 4.78 is 28.0. The summed E-state index contributed by atoms with van der Waals surface area (Å²) in [4.78, 5) is 26.0. The minimum absolute atomic E-state index is 0.0628. The molecule has 0 unspecified atom stereocenters. The lowest BCUT2D eigenvalue weighted by Crippen LogP contribution is -2.39. The highest BCUT2D eigenvalue weighted by Crippen LogP contribution is 2.17. The Balaban J connectivity index is 1.75. The Morgan fingerprint density at radius 3 is 2.72 bits per heavy atom. The van der Waals surface area contributed by atoms with Crippen molar-refractivity contribution in [1.29, 1.82) is 0 Å². The Morgan fingerprint density at radius 1 is 1.20 bits per heavy atom. The van der Waals surface area contributed by atoms with Crippen molar-refractivity contribution in [2.75, 3.05) is 13.1 Å². The van der Waals surface area contributed by atoms with Gasteiger partial charge < -0.3 is 14.8 Å². The van der Waals surface area contributed by atoms with Gasteiger partial charge in [-0.05, 0) is 24.6 Å². The highest BCUT2D eigenvalue weighted by Gasteiger charge is 2.27. The quantitative estimate of drug-likeness (QED) is 0.904. The maximum Gasteiger partial charge on any atom is 0.289 e. The Labute approximate surface area is 142 Å². The van der Waals surface area contributed by atoms with Gasteiger partial charge in [-0.25, -0.2) is 8.78 Å². The lowest BCUT2D eigenvalue weighted by molar-refractivity contribution is 0.0705. The molecule has 1 aromatic carbocycles. The van der Waals surface area contributed by atoms with Crippen molar-refractivity contribution in [1.82, 2.24) is 25.0 Å². The minimum Gasteiger partial charge on any atom is -0.349 e. The van der Waals surface area contributed by atoms with E-state index in [9.17, 15) is 18.4 Å². The van der Waals surface area contributed by atoms with Crippen LogP contribution in [0, 0.1) is 11.6 Å². The van der Waals surface area contributed by atoms with Crippen LogP contribution in [0.5, 0.6) is 0 Å². The second-order valence-electron chi connectivity index (χ2n) is 5.70. The van der Waals surface area contributed by atoms with Crippen molar-refractivity contribution in [2.45, 2.75) is 26.4 Å². The first-order valence-corrected chi connectivity index (χ1v) is 7.96. The molecule has 7 nitrogen and oxygen atoms in total. The molecule has 1 aliphatic rings. The SMILES string of the molecule is CCCNC(=O)c1nnc2n1CCN(C(=O)c1ccc(F)c(F)c1)C2. The zero-order valence-electron chi connectivity index (χ0n) is 13.6. The molecule has 25 heavy (non-hydrogen) atoms. The molecule has 0 atom stereocenters. The highest BCUT2D eigenvalue weighted by atomic mass is 19.2. The molecule has 0 saturated heterocycles. The molecule has 0 aliphatic carbocycles. The summed E-state index contributed by atoms with van der Waals surface area (Å²) in [6, 6.07) is 3.04. The maximum absolute atomic E-state index is 13.3. The first-order valence-electron chi connectivity index (χ1n) is 7.96. The van der Waals surface area contributed by atoms with Gasteiger partial charge in [0.2, 0.25) is 5.82 Å². The average molecular weight is 349 g/mol. The molecule has 0 fully saturated rings. The van der Waals surface area contributed by atoms with Crippen LogP contribution in [-0.2, 0) is 13.1 Å². The third-order valence-electron chi connectivity index (χ3n) is 3.95. The monoisotopic (exact) mass is 349 g/mol. The van der Waals surface area contributed by atoms with Gasteiger partial charge in [0.1, 0.15) is 0 Å². The van der Waals surface area contributed by atoms with Gasteiger partial charge in [-0.1, -0.05) is 6.92 Å². The number of carbonyl (C=O) groups excluding carboxylic acids is 2. The summed E-state index contributed by atoms with van der Waals surface area (Å²) >= 11 is 0. The smallest absolute Gasteiger partial charge is 0.289 e. The van der Waals surface area contributed by atoms with Crippen LogP contribution < -0.4 is 5.32 Å². The summed E-state index contributed by atoms with van der Waals surface area (Å²) in [6.07, 6.45) is 0.809. The molecule has 132 valence electrons. The fourth-order valence-corrected chi connectivity index (χ4v) is 2.63. The standard InChI is InChI=1S/C16H17F2N5O2/c1-2-5-19-15(24)14-21-20-13-9-22(6-7-23(13)14)16(25)10-3-4-11(17)12(18)8-10/h3-4,8H,2,5-7,9H2,1H3,(H,19,24). The second kappa shape index (κ2) is 6.96. The summed E-state index contributed by atoms with van der Waals surface area (Å²) in [5.41, 5.74) is 0.0628. The van der Waals surface area contributed by atoms with Crippen LogP contribution in [0.1, 0.15) is 40.1 Å². The summed E-state index contributed by atoms with van der Waals surface area (Å²) in [7, 11) is 0. The van der Waals surface area contributed by atoms with Crippen LogP contribution in [0.15, 0.2) is 18.2 Å². The summed E-state index contributed by atoms with van der Waals surface area (Å²) in [6.45, 7) is 3.30. The molecule has 1 N–H and O–H groups in total. The highest BCUT2D eigenvalue weighted by molar-refractivity contribution is 5.94. The van der Waals surface area contributed by atoms with Crippen LogP contribution in [0.2, 0.25) is 0 Å². The Hall–Kier alpha value is -2.84. The van der Waals surface area contributed by atoms with Gasteiger partial charge in [-0.2, -0.15) is 0 Å². The minimum atomic E-state index is -1.07. The molecule has 2 amide bonds. The number of benzene rings is 1. The van der Waals surface area contributed by atoms with Crippen LogP contribution in [0.25, 0.3) is 0 Å². The van der Waals surface area contributed by atoms with Gasteiger partial charge in [0.15, 0.2) is 17.5 Å².